The summed E-state index contributed by atoms with van der Waals surface area (Å²) in [5, 5.41) is 9.49. The molecule has 7 atom stereocenters. The van der Waals surface area contributed by atoms with Crippen LogP contribution >= 0.6 is 0 Å². The number of rotatable bonds is 6. The molecule has 0 bridgehead atoms. The number of fused-ring (bicyclic) bond motifs is 5. The molecule has 4 amide bonds. The summed E-state index contributed by atoms with van der Waals surface area (Å²) in [7, 11) is -4.01. The van der Waals surface area contributed by atoms with Gasteiger partial charge in [0.25, 0.3) is 11.8 Å². The number of sulfonamides is 1. The average Bonchev–Trinajstić information content (AvgIpc) is 3.97. The van der Waals surface area contributed by atoms with Gasteiger partial charge in [0.15, 0.2) is 11.6 Å². The van der Waals surface area contributed by atoms with E-state index < -0.39 is 73.9 Å². The molecule has 2 aromatic rings. The molecular formula is C40H45FN6O8S. The summed E-state index contributed by atoms with van der Waals surface area (Å²) in [6.07, 6.45) is 14.8. The molecule has 16 heteroatoms. The van der Waals surface area contributed by atoms with Gasteiger partial charge in [-0.2, -0.15) is 0 Å². The van der Waals surface area contributed by atoms with Gasteiger partial charge in [-0.05, 0) is 70.1 Å². The second-order valence-electron chi connectivity index (χ2n) is 16.0. The van der Waals surface area contributed by atoms with Gasteiger partial charge in [-0.25, -0.2) is 17.8 Å². The molecule has 8 rings (SSSR count). The fraction of sp³-hybridized carbons (Fsp3) is 0.500. The number of aryl methyl sites for hydroxylation is 1. The molecule has 2 saturated carbocycles. The Kier molecular flexibility index (Phi) is 9.74. The van der Waals surface area contributed by atoms with E-state index >= 15 is 0 Å². The smallest absolute Gasteiger partial charge is 0.274 e. The molecule has 3 fully saturated rings. The summed E-state index contributed by atoms with van der Waals surface area (Å²) in [4.78, 5) is 62.4. The number of amides is 4. The Hall–Kier alpha value is -5.12. The Balaban J connectivity index is 1.11. The Morgan fingerprint density at radius 2 is 1.86 bits per heavy atom. The van der Waals surface area contributed by atoms with Crippen molar-refractivity contribution in [3.63, 3.8) is 0 Å². The van der Waals surface area contributed by atoms with Crippen molar-refractivity contribution in [1.29, 1.82) is 0 Å². The van der Waals surface area contributed by atoms with Crippen molar-refractivity contribution in [2.75, 3.05) is 6.54 Å². The Labute approximate surface area is 324 Å². The minimum absolute atomic E-state index is 0.00125. The first kappa shape index (κ1) is 37.8. The number of benzene rings is 1. The lowest BCUT2D eigenvalue weighted by Crippen LogP contribution is -2.58. The van der Waals surface area contributed by atoms with Crippen LogP contribution in [0.1, 0.15) is 92.4 Å². The highest BCUT2D eigenvalue weighted by atomic mass is 32.2. The highest BCUT2D eigenvalue weighted by molar-refractivity contribution is 7.91. The lowest BCUT2D eigenvalue weighted by molar-refractivity contribution is -0.141. The van der Waals surface area contributed by atoms with Gasteiger partial charge >= 0.3 is 0 Å². The molecule has 56 heavy (non-hydrogen) atoms. The highest BCUT2D eigenvalue weighted by Gasteiger charge is 2.63. The topological polar surface area (TPSA) is 189 Å². The third-order valence-corrected chi connectivity index (χ3v) is 14.1. The van der Waals surface area contributed by atoms with Gasteiger partial charge in [0, 0.05) is 24.3 Å². The Bertz CT molecular complexity index is 2190. The summed E-state index contributed by atoms with van der Waals surface area (Å²) in [6.45, 7) is 3.16. The minimum Gasteiger partial charge on any atom is -0.475 e. The molecule has 3 aliphatic carbocycles. The molecule has 3 aliphatic heterocycles. The van der Waals surface area contributed by atoms with Crippen LogP contribution in [0.25, 0.3) is 0 Å². The number of aliphatic imine (C=N–C) groups is 1. The summed E-state index contributed by atoms with van der Waals surface area (Å²) in [5.41, 5.74) is -0.281. The van der Waals surface area contributed by atoms with Crippen LogP contribution in [-0.4, -0.2) is 83.0 Å². The van der Waals surface area contributed by atoms with Crippen LogP contribution < -0.4 is 15.4 Å². The number of allylic oxidation sites excluding steroid dienone is 4. The quantitative estimate of drug-likeness (QED) is 0.361. The van der Waals surface area contributed by atoms with Crippen LogP contribution in [0.2, 0.25) is 0 Å². The van der Waals surface area contributed by atoms with Gasteiger partial charge in [0.05, 0.1) is 22.9 Å². The van der Waals surface area contributed by atoms with Crippen LogP contribution in [-0.2, 0) is 29.1 Å². The predicted octanol–water partition coefficient (Wildman–Crippen LogP) is 4.17. The van der Waals surface area contributed by atoms with E-state index in [-0.39, 0.29) is 43.3 Å². The number of nitrogens with zero attached hydrogens (tertiary/aromatic N) is 3. The number of hydrogen-bond donors (Lipinski definition) is 3. The standard InChI is InChI=1S/C40H45FN6O8S/c1-23-18-32(45-55-23)34(48)42-30-13-7-5-3-4-6-10-24-21-40(24,38(51)46-56(52,53)39(2)16-17-39)44-35(49)33-20-26(22-47(33)37(30)50)54-36-29-12-9-8-11-27(29)28-15-14-25(41)19-31(28)43-36/h6,8-12,14-15,18-19,24,26-27,29-30,33H,3-5,7,13,16-17,20-22H2,1-2H3,(H,42,48)(H,44,49)(H,46,51). The lowest BCUT2D eigenvalue weighted by Gasteiger charge is -2.32. The number of carbonyl (C=O) groups excluding carboxylic acids is 4. The van der Waals surface area contributed by atoms with Gasteiger partial charge in [-0.1, -0.05) is 60.5 Å². The van der Waals surface area contributed by atoms with Crippen molar-refractivity contribution >= 4 is 45.2 Å². The zero-order valence-electron chi connectivity index (χ0n) is 31.2. The fourth-order valence-corrected chi connectivity index (χ4v) is 9.47. The zero-order chi connectivity index (χ0) is 39.4. The van der Waals surface area contributed by atoms with Crippen LogP contribution in [0.3, 0.4) is 0 Å². The third-order valence-electron chi connectivity index (χ3n) is 11.9. The van der Waals surface area contributed by atoms with E-state index in [1.807, 2.05) is 36.5 Å². The largest absolute Gasteiger partial charge is 0.475 e. The maximum Gasteiger partial charge on any atom is 0.274 e. The fourth-order valence-electron chi connectivity index (χ4n) is 8.16. The van der Waals surface area contributed by atoms with E-state index in [1.54, 1.807) is 19.9 Å². The van der Waals surface area contributed by atoms with Gasteiger partial charge < -0.3 is 24.8 Å². The van der Waals surface area contributed by atoms with Crippen molar-refractivity contribution in [2.45, 2.75) is 106 Å². The van der Waals surface area contributed by atoms with Crippen LogP contribution in [0.5, 0.6) is 0 Å². The molecule has 14 nitrogen and oxygen atoms in total. The predicted molar refractivity (Wildman–Crippen MR) is 201 cm³/mol. The van der Waals surface area contributed by atoms with Crippen molar-refractivity contribution in [3.05, 3.63) is 83.6 Å². The van der Waals surface area contributed by atoms with E-state index in [1.165, 1.54) is 23.1 Å². The second kappa shape index (κ2) is 14.4. The van der Waals surface area contributed by atoms with E-state index in [4.69, 9.17) is 14.3 Å². The molecule has 0 radical (unpaired) electrons. The number of halogens is 1. The molecule has 1 saturated heterocycles. The highest BCUT2D eigenvalue weighted by Crippen LogP contribution is 2.48. The number of hydrogen-bond acceptors (Lipinski definition) is 10. The van der Waals surface area contributed by atoms with Gasteiger partial charge in [-0.15, -0.1) is 0 Å². The molecule has 0 spiro atoms. The minimum atomic E-state index is -4.01. The molecule has 6 aliphatic rings. The average molecular weight is 789 g/mol. The summed E-state index contributed by atoms with van der Waals surface area (Å²) >= 11 is 0. The SMILES string of the molecule is Cc1cc(C(=O)NC2CCCCCC=CC3CC3(C(=O)NS(=O)(=O)C3(C)CC3)NC(=O)C3CC(OC4=Nc5cc(F)ccc5C5C=CC=CC45)CN3C2=O)no1. The molecule has 4 heterocycles. The Morgan fingerprint density at radius 3 is 2.61 bits per heavy atom. The first-order valence-electron chi connectivity index (χ1n) is 19.3. The van der Waals surface area contributed by atoms with Gasteiger partial charge in [0.1, 0.15) is 35.3 Å². The summed E-state index contributed by atoms with van der Waals surface area (Å²) < 4.78 is 53.6. The molecule has 1 aromatic heterocycles. The Morgan fingerprint density at radius 1 is 1.07 bits per heavy atom. The number of carbonyl (C=O) groups is 4. The second-order valence-corrected chi connectivity index (χ2v) is 18.2. The molecule has 3 N–H and O–H groups in total. The molecular weight excluding hydrogens is 744 g/mol. The first-order valence-corrected chi connectivity index (χ1v) is 20.7. The van der Waals surface area contributed by atoms with Crippen LogP contribution in [0, 0.1) is 24.6 Å². The molecule has 7 unspecified atom stereocenters. The van der Waals surface area contributed by atoms with E-state index in [2.05, 4.69) is 20.5 Å². The van der Waals surface area contributed by atoms with Crippen molar-refractivity contribution in [3.8, 4) is 0 Å². The zero-order valence-corrected chi connectivity index (χ0v) is 32.0. The van der Waals surface area contributed by atoms with Crippen LogP contribution in [0.15, 0.2) is 70.2 Å². The number of nitrogens with one attached hydrogen (secondary N) is 3. The van der Waals surface area contributed by atoms with E-state index in [0.717, 1.165) is 18.4 Å². The van der Waals surface area contributed by atoms with Crippen molar-refractivity contribution in [1.82, 2.24) is 25.4 Å². The summed E-state index contributed by atoms with van der Waals surface area (Å²) in [5.74, 6) is -3.29. The summed E-state index contributed by atoms with van der Waals surface area (Å²) in [6, 6.07) is 3.71. The van der Waals surface area contributed by atoms with E-state index in [9.17, 15) is 32.0 Å². The van der Waals surface area contributed by atoms with Crippen LogP contribution in [0.4, 0.5) is 10.1 Å². The number of aromatic nitrogens is 1. The normalized spacial score (nSPS) is 30.6. The van der Waals surface area contributed by atoms with Crippen molar-refractivity contribution in [2.24, 2.45) is 16.8 Å². The number of ether oxygens (including phenoxy) is 1. The maximum absolute atomic E-state index is 14.6. The first-order chi connectivity index (χ1) is 26.8. The molecule has 296 valence electrons. The van der Waals surface area contributed by atoms with Gasteiger partial charge in [-0.3, -0.25) is 23.9 Å². The maximum atomic E-state index is 14.6. The molecule has 1 aromatic carbocycles. The third kappa shape index (κ3) is 7.19. The van der Waals surface area contributed by atoms with Gasteiger partial charge in [0.2, 0.25) is 21.8 Å². The monoisotopic (exact) mass is 788 g/mol. The van der Waals surface area contributed by atoms with E-state index in [0.29, 0.717) is 43.0 Å². The van der Waals surface area contributed by atoms with Crippen molar-refractivity contribution < 1.29 is 41.2 Å². The lowest BCUT2D eigenvalue weighted by atomic mass is 9.80.